The third kappa shape index (κ3) is 5.21. The van der Waals surface area contributed by atoms with Gasteiger partial charge in [0, 0.05) is 10.6 Å². The molecule has 4 nitrogen and oxygen atoms in total. The first kappa shape index (κ1) is 17.8. The van der Waals surface area contributed by atoms with Crippen LogP contribution in [0.1, 0.15) is 11.1 Å². The third-order valence-corrected chi connectivity index (χ3v) is 4.79. The van der Waals surface area contributed by atoms with Gasteiger partial charge in [0.15, 0.2) is 6.61 Å². The minimum absolute atomic E-state index is 0.0459. The van der Waals surface area contributed by atoms with Gasteiger partial charge in [-0.2, -0.15) is 0 Å². The highest BCUT2D eigenvalue weighted by molar-refractivity contribution is 6.30. The number of hydrogen-bond donors (Lipinski definition) is 1. The Bertz CT molecular complexity index is 710. The van der Waals surface area contributed by atoms with Crippen LogP contribution in [0, 0.1) is 6.92 Å². The molecule has 0 atom stereocenters. The number of halogens is 1. The molecule has 0 bridgehead atoms. The van der Waals surface area contributed by atoms with Crippen LogP contribution in [-0.2, 0) is 11.3 Å². The number of benzene rings is 2. The van der Waals surface area contributed by atoms with Crippen LogP contribution in [0.3, 0.4) is 0 Å². The van der Waals surface area contributed by atoms with Crippen molar-refractivity contribution in [3.63, 3.8) is 0 Å². The Morgan fingerprint density at radius 3 is 2.56 bits per heavy atom. The van der Waals surface area contributed by atoms with Gasteiger partial charge in [-0.3, -0.25) is 4.79 Å². The van der Waals surface area contributed by atoms with Gasteiger partial charge >= 0.3 is 0 Å². The summed E-state index contributed by atoms with van der Waals surface area (Å²) >= 11 is 5.84. The summed E-state index contributed by atoms with van der Waals surface area (Å²) in [6, 6.07) is 15.7. The van der Waals surface area contributed by atoms with Gasteiger partial charge in [-0.05, 0) is 31.2 Å². The molecule has 1 saturated heterocycles. The quantitative estimate of drug-likeness (QED) is 0.885. The number of rotatable bonds is 5. The summed E-state index contributed by atoms with van der Waals surface area (Å²) in [6.45, 7) is 6.73. The van der Waals surface area contributed by atoms with Crippen molar-refractivity contribution in [1.29, 1.82) is 0 Å². The van der Waals surface area contributed by atoms with Crippen LogP contribution in [0.15, 0.2) is 48.5 Å². The predicted octanol–water partition coefficient (Wildman–Crippen LogP) is 1.95. The lowest BCUT2D eigenvalue weighted by Gasteiger charge is -2.32. The van der Waals surface area contributed by atoms with Crippen molar-refractivity contribution in [3.8, 4) is 5.75 Å². The first-order valence-corrected chi connectivity index (χ1v) is 9.03. The normalized spacial score (nSPS) is 15.2. The number of amides is 1. The van der Waals surface area contributed by atoms with E-state index < -0.39 is 0 Å². The Morgan fingerprint density at radius 2 is 1.88 bits per heavy atom. The fourth-order valence-electron chi connectivity index (χ4n) is 3.13. The van der Waals surface area contributed by atoms with E-state index in [1.54, 1.807) is 24.3 Å². The number of nitrogens with zero attached hydrogens (tertiary/aromatic N) is 1. The largest absolute Gasteiger partial charge is 0.484 e. The van der Waals surface area contributed by atoms with E-state index in [9.17, 15) is 4.79 Å². The van der Waals surface area contributed by atoms with E-state index in [2.05, 4.69) is 31.2 Å². The fraction of sp³-hybridized carbons (Fsp3) is 0.350. The average Bonchev–Trinajstić information content (AvgIpc) is 2.62. The van der Waals surface area contributed by atoms with Gasteiger partial charge in [-0.25, -0.2) is 0 Å². The second kappa shape index (κ2) is 8.37. The zero-order valence-corrected chi connectivity index (χ0v) is 15.3. The lowest BCUT2D eigenvalue weighted by molar-refractivity contribution is -0.917. The second-order valence-electron chi connectivity index (χ2n) is 6.54. The summed E-state index contributed by atoms with van der Waals surface area (Å²) < 4.78 is 5.56. The van der Waals surface area contributed by atoms with Crippen molar-refractivity contribution in [3.05, 3.63) is 64.7 Å². The summed E-state index contributed by atoms with van der Waals surface area (Å²) in [5.41, 5.74) is 2.66. The predicted molar refractivity (Wildman–Crippen MR) is 99.1 cm³/mol. The molecule has 0 spiro atoms. The van der Waals surface area contributed by atoms with Crippen molar-refractivity contribution in [2.45, 2.75) is 13.5 Å². The number of nitrogens with one attached hydrogen (secondary N) is 1. The molecule has 0 aromatic heterocycles. The maximum atomic E-state index is 12.3. The molecule has 0 unspecified atom stereocenters. The Hall–Kier alpha value is -2.04. The first-order chi connectivity index (χ1) is 12.1. The molecule has 0 radical (unpaired) electrons. The molecule has 0 aliphatic carbocycles. The molecule has 1 amide bonds. The van der Waals surface area contributed by atoms with Crippen molar-refractivity contribution in [2.24, 2.45) is 0 Å². The smallest absolute Gasteiger partial charge is 0.260 e. The molecule has 2 aromatic rings. The highest BCUT2D eigenvalue weighted by Crippen LogP contribution is 2.15. The first-order valence-electron chi connectivity index (χ1n) is 8.65. The van der Waals surface area contributed by atoms with Crippen molar-refractivity contribution >= 4 is 17.5 Å². The molecule has 1 N–H and O–H groups in total. The minimum atomic E-state index is 0.0459. The Kier molecular flexibility index (Phi) is 5.95. The number of carbonyl (C=O) groups is 1. The Balaban J connectivity index is 1.43. The molecule has 5 heteroatoms. The van der Waals surface area contributed by atoms with Gasteiger partial charge in [0.1, 0.15) is 12.3 Å². The second-order valence-corrected chi connectivity index (χ2v) is 6.98. The summed E-state index contributed by atoms with van der Waals surface area (Å²) in [7, 11) is 0. The van der Waals surface area contributed by atoms with Crippen LogP contribution in [0.25, 0.3) is 0 Å². The lowest BCUT2D eigenvalue weighted by Crippen LogP contribution is -3.13. The summed E-state index contributed by atoms with van der Waals surface area (Å²) in [5, 5.41) is 0.659. The summed E-state index contributed by atoms with van der Waals surface area (Å²) in [6.07, 6.45) is 0. The standard InChI is InChI=1S/C20H23ClN2O2/c1-16-3-2-4-17(13-16)14-22-9-11-23(12-10-22)20(24)15-25-19-7-5-18(21)6-8-19/h2-8,13H,9-12,14-15H2,1H3/p+1. The van der Waals surface area contributed by atoms with Crippen molar-refractivity contribution in [1.82, 2.24) is 4.90 Å². The number of piperazine rings is 1. The van der Waals surface area contributed by atoms with Gasteiger partial charge < -0.3 is 14.5 Å². The van der Waals surface area contributed by atoms with Gasteiger partial charge in [-0.15, -0.1) is 0 Å². The van der Waals surface area contributed by atoms with Gasteiger partial charge in [0.25, 0.3) is 5.91 Å². The number of quaternary nitrogens is 1. The van der Waals surface area contributed by atoms with E-state index >= 15 is 0 Å². The number of ether oxygens (including phenoxy) is 1. The third-order valence-electron chi connectivity index (χ3n) is 4.54. The van der Waals surface area contributed by atoms with Crippen LogP contribution in [0.4, 0.5) is 0 Å². The molecule has 132 valence electrons. The molecule has 1 fully saturated rings. The molecular weight excluding hydrogens is 336 g/mol. The monoisotopic (exact) mass is 359 g/mol. The Morgan fingerprint density at radius 1 is 1.16 bits per heavy atom. The number of hydrogen-bond acceptors (Lipinski definition) is 2. The number of aryl methyl sites for hydroxylation is 1. The fourth-order valence-corrected chi connectivity index (χ4v) is 3.25. The van der Waals surface area contributed by atoms with Gasteiger partial charge in [0.2, 0.25) is 0 Å². The van der Waals surface area contributed by atoms with E-state index in [-0.39, 0.29) is 12.5 Å². The molecular formula is C20H24ClN2O2+. The highest BCUT2D eigenvalue weighted by Gasteiger charge is 2.24. The maximum absolute atomic E-state index is 12.3. The molecule has 2 aromatic carbocycles. The molecule has 0 saturated carbocycles. The minimum Gasteiger partial charge on any atom is -0.484 e. The summed E-state index contributed by atoms with van der Waals surface area (Å²) in [4.78, 5) is 15.7. The zero-order chi connectivity index (χ0) is 17.6. The van der Waals surface area contributed by atoms with E-state index in [1.807, 2.05) is 4.90 Å². The van der Waals surface area contributed by atoms with Crippen LogP contribution >= 0.6 is 11.6 Å². The summed E-state index contributed by atoms with van der Waals surface area (Å²) in [5.74, 6) is 0.714. The number of carbonyl (C=O) groups excluding carboxylic acids is 1. The lowest BCUT2D eigenvalue weighted by atomic mass is 10.1. The van der Waals surface area contributed by atoms with Gasteiger partial charge in [-0.1, -0.05) is 41.4 Å². The SMILES string of the molecule is Cc1cccc(C[NH+]2CCN(C(=O)COc3ccc(Cl)cc3)CC2)c1. The van der Waals surface area contributed by atoms with Crippen molar-refractivity contribution < 1.29 is 14.4 Å². The van der Waals surface area contributed by atoms with Crippen LogP contribution in [-0.4, -0.2) is 43.6 Å². The van der Waals surface area contributed by atoms with Crippen LogP contribution in [0.2, 0.25) is 5.02 Å². The van der Waals surface area contributed by atoms with Crippen LogP contribution < -0.4 is 9.64 Å². The zero-order valence-electron chi connectivity index (χ0n) is 14.5. The van der Waals surface area contributed by atoms with Crippen molar-refractivity contribution in [2.75, 3.05) is 32.8 Å². The highest BCUT2D eigenvalue weighted by atomic mass is 35.5. The Labute approximate surface area is 154 Å². The topological polar surface area (TPSA) is 34.0 Å². The van der Waals surface area contributed by atoms with E-state index in [0.29, 0.717) is 10.8 Å². The van der Waals surface area contributed by atoms with E-state index in [1.165, 1.54) is 16.0 Å². The molecule has 1 aliphatic rings. The molecule has 3 rings (SSSR count). The van der Waals surface area contributed by atoms with Crippen LogP contribution in [0.5, 0.6) is 5.75 Å². The van der Waals surface area contributed by atoms with E-state index in [0.717, 1.165) is 32.7 Å². The molecule has 1 aliphatic heterocycles. The molecule has 1 heterocycles. The molecule has 25 heavy (non-hydrogen) atoms. The average molecular weight is 360 g/mol. The van der Waals surface area contributed by atoms with Gasteiger partial charge in [0.05, 0.1) is 26.2 Å². The maximum Gasteiger partial charge on any atom is 0.260 e. The van der Waals surface area contributed by atoms with E-state index in [4.69, 9.17) is 16.3 Å².